The van der Waals surface area contributed by atoms with Crippen LogP contribution in [0.15, 0.2) is 0 Å². The number of hydrogen-bond acceptors (Lipinski definition) is 4. The van der Waals surface area contributed by atoms with E-state index in [9.17, 15) is 9.90 Å². The van der Waals surface area contributed by atoms with Crippen molar-refractivity contribution in [3.05, 3.63) is 0 Å². The highest BCUT2D eigenvalue weighted by molar-refractivity contribution is 7.75. The topological polar surface area (TPSA) is 46.5 Å². The first-order valence-electron chi connectivity index (χ1n) is 4.13. The zero-order chi connectivity index (χ0) is 9.61. The maximum Gasteiger partial charge on any atom is 0.349 e. The number of rotatable bonds is 5. The molecule has 0 aromatic rings. The van der Waals surface area contributed by atoms with Crippen molar-refractivity contribution >= 4 is 18.9 Å². The molecule has 0 bridgehead atoms. The monoisotopic (exact) mass is 192 g/mol. The molecule has 1 unspecified atom stereocenters. The molecule has 12 heavy (non-hydrogen) atoms. The number of carbonyl (C=O) groups is 1. The van der Waals surface area contributed by atoms with Crippen molar-refractivity contribution < 1.29 is 14.1 Å². The van der Waals surface area contributed by atoms with E-state index >= 15 is 0 Å². The van der Waals surface area contributed by atoms with Crippen LogP contribution in [0.1, 0.15) is 39.5 Å². The standard InChI is InChI=1S/C8H16O3S/c1-3-4-5-6-8(2,10)7(9)11-12/h10,12H,3-6H2,1-2H3. The lowest BCUT2D eigenvalue weighted by molar-refractivity contribution is -0.152. The fourth-order valence-corrected chi connectivity index (χ4v) is 1.12. The summed E-state index contributed by atoms with van der Waals surface area (Å²) in [5, 5.41) is 9.49. The Labute approximate surface area is 78.7 Å². The molecule has 0 saturated carbocycles. The molecule has 3 nitrogen and oxygen atoms in total. The first kappa shape index (κ1) is 11.8. The summed E-state index contributed by atoms with van der Waals surface area (Å²) in [5.74, 6) is -0.679. The number of carbonyl (C=O) groups excluding carboxylic acids is 1. The third kappa shape index (κ3) is 3.97. The molecule has 1 N–H and O–H groups in total. The van der Waals surface area contributed by atoms with Gasteiger partial charge in [-0.05, 0) is 19.8 Å². The Kier molecular flexibility index (Phi) is 5.33. The molecular weight excluding hydrogens is 176 g/mol. The molecule has 4 heteroatoms. The largest absolute Gasteiger partial charge is 0.393 e. The van der Waals surface area contributed by atoms with Crippen molar-refractivity contribution in [2.75, 3.05) is 0 Å². The second-order valence-electron chi connectivity index (χ2n) is 3.11. The van der Waals surface area contributed by atoms with Gasteiger partial charge in [-0.2, -0.15) is 0 Å². The lowest BCUT2D eigenvalue weighted by Gasteiger charge is -2.18. The van der Waals surface area contributed by atoms with Gasteiger partial charge in [0, 0.05) is 12.9 Å². The van der Waals surface area contributed by atoms with E-state index in [1.807, 2.05) is 0 Å². The smallest absolute Gasteiger partial charge is 0.349 e. The first-order chi connectivity index (χ1) is 5.54. The van der Waals surface area contributed by atoms with E-state index in [0.717, 1.165) is 19.3 Å². The van der Waals surface area contributed by atoms with Crippen molar-refractivity contribution in [1.29, 1.82) is 0 Å². The van der Waals surface area contributed by atoms with Crippen LogP contribution in [0.3, 0.4) is 0 Å². The Morgan fingerprint density at radius 3 is 2.58 bits per heavy atom. The number of unbranched alkanes of at least 4 members (excludes halogenated alkanes) is 2. The molecule has 0 radical (unpaired) electrons. The van der Waals surface area contributed by atoms with Gasteiger partial charge in [0.1, 0.15) is 0 Å². The second kappa shape index (κ2) is 5.43. The Morgan fingerprint density at radius 1 is 1.58 bits per heavy atom. The van der Waals surface area contributed by atoms with Crippen LogP contribution < -0.4 is 0 Å². The van der Waals surface area contributed by atoms with E-state index in [2.05, 4.69) is 24.0 Å². The average molecular weight is 192 g/mol. The molecule has 0 aliphatic carbocycles. The third-order valence-electron chi connectivity index (χ3n) is 1.79. The van der Waals surface area contributed by atoms with Gasteiger partial charge in [0.2, 0.25) is 0 Å². The Hall–Kier alpha value is -0.220. The van der Waals surface area contributed by atoms with Crippen molar-refractivity contribution in [2.24, 2.45) is 0 Å². The predicted octanol–water partition coefficient (Wildman–Crippen LogP) is 1.71. The van der Waals surface area contributed by atoms with Crippen LogP contribution in [-0.2, 0) is 8.98 Å². The van der Waals surface area contributed by atoms with E-state index in [1.54, 1.807) is 0 Å². The van der Waals surface area contributed by atoms with E-state index < -0.39 is 11.6 Å². The predicted molar refractivity (Wildman–Crippen MR) is 49.8 cm³/mol. The maximum absolute atomic E-state index is 10.9. The Bertz CT molecular complexity index is 145. The number of thiol groups is 1. The quantitative estimate of drug-likeness (QED) is 0.396. The van der Waals surface area contributed by atoms with Gasteiger partial charge in [0.15, 0.2) is 5.60 Å². The summed E-state index contributed by atoms with van der Waals surface area (Å²) in [7, 11) is 0. The van der Waals surface area contributed by atoms with E-state index in [4.69, 9.17) is 0 Å². The third-order valence-corrected chi connectivity index (χ3v) is 1.96. The summed E-state index contributed by atoms with van der Waals surface area (Å²) in [6.07, 6.45) is 3.33. The molecule has 0 aliphatic rings. The lowest BCUT2D eigenvalue weighted by atomic mass is 9.99. The summed E-state index contributed by atoms with van der Waals surface area (Å²) >= 11 is 3.34. The maximum atomic E-state index is 10.9. The van der Waals surface area contributed by atoms with Crippen LogP contribution in [-0.4, -0.2) is 16.7 Å². The van der Waals surface area contributed by atoms with Crippen molar-refractivity contribution in [2.45, 2.75) is 45.1 Å². The van der Waals surface area contributed by atoms with Crippen molar-refractivity contribution in [3.8, 4) is 0 Å². The van der Waals surface area contributed by atoms with Gasteiger partial charge < -0.3 is 9.29 Å². The summed E-state index contributed by atoms with van der Waals surface area (Å²) < 4.78 is 4.15. The van der Waals surface area contributed by atoms with Gasteiger partial charge in [-0.1, -0.05) is 19.8 Å². The van der Waals surface area contributed by atoms with Crippen molar-refractivity contribution in [3.63, 3.8) is 0 Å². The molecule has 0 rings (SSSR count). The Morgan fingerprint density at radius 2 is 2.17 bits per heavy atom. The molecule has 0 amide bonds. The minimum Gasteiger partial charge on any atom is -0.393 e. The van der Waals surface area contributed by atoms with Gasteiger partial charge in [0.05, 0.1) is 0 Å². The summed E-state index contributed by atoms with van der Waals surface area (Å²) in [5.41, 5.74) is -1.38. The highest BCUT2D eigenvalue weighted by Crippen LogP contribution is 2.16. The number of hydrogen-bond donors (Lipinski definition) is 2. The molecule has 0 fully saturated rings. The lowest BCUT2D eigenvalue weighted by Crippen LogP contribution is -2.35. The Balaban J connectivity index is 3.78. The molecule has 0 aliphatic heterocycles. The fraction of sp³-hybridized carbons (Fsp3) is 0.875. The van der Waals surface area contributed by atoms with Crippen LogP contribution >= 0.6 is 12.9 Å². The van der Waals surface area contributed by atoms with E-state index in [-0.39, 0.29) is 0 Å². The van der Waals surface area contributed by atoms with Gasteiger partial charge in [-0.3, -0.25) is 0 Å². The minimum absolute atomic E-state index is 0.431. The van der Waals surface area contributed by atoms with Gasteiger partial charge in [0.25, 0.3) is 0 Å². The van der Waals surface area contributed by atoms with E-state index in [0.29, 0.717) is 6.42 Å². The fourth-order valence-electron chi connectivity index (χ4n) is 0.920. The highest BCUT2D eigenvalue weighted by atomic mass is 32.1. The molecular formula is C8H16O3S. The summed E-state index contributed by atoms with van der Waals surface area (Å²) in [6, 6.07) is 0. The summed E-state index contributed by atoms with van der Waals surface area (Å²) in [4.78, 5) is 10.9. The molecule has 72 valence electrons. The second-order valence-corrected chi connectivity index (χ2v) is 3.29. The van der Waals surface area contributed by atoms with E-state index in [1.165, 1.54) is 6.92 Å². The molecule has 0 saturated heterocycles. The van der Waals surface area contributed by atoms with Crippen LogP contribution in [0.4, 0.5) is 0 Å². The van der Waals surface area contributed by atoms with Crippen LogP contribution in [0.25, 0.3) is 0 Å². The summed E-state index contributed by atoms with van der Waals surface area (Å²) in [6.45, 7) is 3.51. The molecule has 1 atom stereocenters. The SMILES string of the molecule is CCCCCC(C)(O)C(=O)OS. The number of aliphatic hydroxyl groups is 1. The molecule has 0 aromatic carbocycles. The van der Waals surface area contributed by atoms with Crippen LogP contribution in [0, 0.1) is 0 Å². The van der Waals surface area contributed by atoms with Gasteiger partial charge >= 0.3 is 5.97 Å². The average Bonchev–Trinajstić information content (AvgIpc) is 2.03. The normalized spacial score (nSPS) is 15.3. The molecule has 0 spiro atoms. The zero-order valence-electron chi connectivity index (χ0n) is 7.54. The molecule has 0 aromatic heterocycles. The van der Waals surface area contributed by atoms with Gasteiger partial charge in [-0.15, -0.1) is 0 Å². The first-order valence-corrected chi connectivity index (χ1v) is 4.49. The minimum atomic E-state index is -1.38. The molecule has 0 heterocycles. The van der Waals surface area contributed by atoms with Crippen LogP contribution in [0.2, 0.25) is 0 Å². The van der Waals surface area contributed by atoms with Gasteiger partial charge in [-0.25, -0.2) is 4.79 Å². The van der Waals surface area contributed by atoms with Crippen LogP contribution in [0.5, 0.6) is 0 Å². The highest BCUT2D eigenvalue weighted by Gasteiger charge is 2.30. The zero-order valence-corrected chi connectivity index (χ0v) is 8.43. The van der Waals surface area contributed by atoms with Crippen molar-refractivity contribution in [1.82, 2.24) is 0 Å².